The summed E-state index contributed by atoms with van der Waals surface area (Å²) in [6, 6.07) is 1.80. The lowest BCUT2D eigenvalue weighted by molar-refractivity contribution is -0.139. The van der Waals surface area contributed by atoms with E-state index in [4.69, 9.17) is 0 Å². The van der Waals surface area contributed by atoms with Crippen LogP contribution in [0.4, 0.5) is 0 Å². The number of fused-ring (bicyclic) bond motifs is 1. The highest BCUT2D eigenvalue weighted by atomic mass is 16.2. The number of aryl methyl sites for hydroxylation is 2. The lowest BCUT2D eigenvalue weighted by Gasteiger charge is -2.19. The average Bonchev–Trinajstić information content (AvgIpc) is 2.92. The van der Waals surface area contributed by atoms with Gasteiger partial charge in [-0.1, -0.05) is 12.8 Å². The van der Waals surface area contributed by atoms with Gasteiger partial charge in [0.2, 0.25) is 11.8 Å². The zero-order chi connectivity index (χ0) is 15.1. The number of rotatable bonds is 2. The van der Waals surface area contributed by atoms with Crippen LogP contribution in [0.5, 0.6) is 0 Å². The maximum Gasteiger partial charge on any atom is 0.267 e. The minimum atomic E-state index is -0.332. The highest BCUT2D eigenvalue weighted by Crippen LogP contribution is 2.37. The van der Waals surface area contributed by atoms with Crippen LogP contribution < -0.4 is 0 Å². The smallest absolute Gasteiger partial charge is 0.267 e. The molecule has 2 atom stereocenters. The van der Waals surface area contributed by atoms with Crippen LogP contribution in [-0.2, 0) is 9.59 Å². The van der Waals surface area contributed by atoms with E-state index in [0.29, 0.717) is 5.69 Å². The summed E-state index contributed by atoms with van der Waals surface area (Å²) in [5.74, 6) is -1.11. The van der Waals surface area contributed by atoms with Crippen molar-refractivity contribution in [2.45, 2.75) is 39.5 Å². The first kappa shape index (κ1) is 14.0. The van der Waals surface area contributed by atoms with Crippen molar-refractivity contribution < 1.29 is 14.4 Å². The number of amides is 2. The van der Waals surface area contributed by atoms with Crippen molar-refractivity contribution in [3.63, 3.8) is 0 Å². The second kappa shape index (κ2) is 5.09. The highest BCUT2D eigenvalue weighted by Gasteiger charge is 2.48. The van der Waals surface area contributed by atoms with Crippen molar-refractivity contribution in [1.82, 2.24) is 14.7 Å². The number of hydrogen-bond donors (Lipinski definition) is 0. The van der Waals surface area contributed by atoms with Gasteiger partial charge in [0.15, 0.2) is 0 Å². The summed E-state index contributed by atoms with van der Waals surface area (Å²) in [5.41, 5.74) is 1.46. The first-order chi connectivity index (χ1) is 9.99. The molecule has 2 aliphatic rings. The molecule has 1 saturated carbocycles. The third kappa shape index (κ3) is 2.28. The molecule has 1 aliphatic carbocycles. The number of imide groups is 1. The van der Waals surface area contributed by atoms with Gasteiger partial charge >= 0.3 is 0 Å². The molecular formula is C15H19N3O3. The van der Waals surface area contributed by atoms with Crippen molar-refractivity contribution in [2.24, 2.45) is 11.8 Å². The molecule has 0 N–H and O–H groups in total. The monoisotopic (exact) mass is 289 g/mol. The third-order valence-corrected chi connectivity index (χ3v) is 4.47. The lowest BCUT2D eigenvalue weighted by atomic mass is 9.81. The van der Waals surface area contributed by atoms with Gasteiger partial charge in [0.05, 0.1) is 17.5 Å². The van der Waals surface area contributed by atoms with Gasteiger partial charge in [-0.25, -0.2) is 4.68 Å². The van der Waals surface area contributed by atoms with Gasteiger partial charge in [-0.3, -0.25) is 19.3 Å². The van der Waals surface area contributed by atoms with E-state index in [9.17, 15) is 14.4 Å². The summed E-state index contributed by atoms with van der Waals surface area (Å²) in [4.78, 5) is 38.1. The third-order valence-electron chi connectivity index (χ3n) is 4.47. The fourth-order valence-corrected chi connectivity index (χ4v) is 3.47. The number of likely N-dealkylation sites (tertiary alicyclic amines) is 1. The quantitative estimate of drug-likeness (QED) is 0.770. The minimum Gasteiger partial charge on any atom is -0.274 e. The van der Waals surface area contributed by atoms with Crippen LogP contribution in [0.25, 0.3) is 0 Å². The maximum absolute atomic E-state index is 12.3. The average molecular weight is 289 g/mol. The van der Waals surface area contributed by atoms with Crippen molar-refractivity contribution in [3.8, 4) is 0 Å². The molecule has 2 heterocycles. The zero-order valence-electron chi connectivity index (χ0n) is 12.3. The van der Waals surface area contributed by atoms with Crippen LogP contribution in [0.2, 0.25) is 0 Å². The molecule has 3 rings (SSSR count). The van der Waals surface area contributed by atoms with Crippen molar-refractivity contribution in [2.75, 3.05) is 6.54 Å². The molecule has 1 aromatic rings. The summed E-state index contributed by atoms with van der Waals surface area (Å²) in [6.45, 7) is 3.38. The largest absolute Gasteiger partial charge is 0.274 e. The molecule has 6 heteroatoms. The molecule has 112 valence electrons. The Morgan fingerprint density at radius 3 is 2.24 bits per heavy atom. The Labute approximate surface area is 123 Å². The van der Waals surface area contributed by atoms with Gasteiger partial charge in [0.25, 0.3) is 5.91 Å². The topological polar surface area (TPSA) is 72.3 Å². The van der Waals surface area contributed by atoms with Crippen LogP contribution >= 0.6 is 0 Å². The second-order valence-electron chi connectivity index (χ2n) is 5.99. The molecule has 2 fully saturated rings. The van der Waals surface area contributed by atoms with Crippen LogP contribution in [0.15, 0.2) is 6.07 Å². The molecule has 0 aromatic carbocycles. The van der Waals surface area contributed by atoms with Gasteiger partial charge in [0, 0.05) is 5.69 Å². The number of carbonyl (C=O) groups is 3. The summed E-state index contributed by atoms with van der Waals surface area (Å²) in [6.07, 6.45) is 3.50. The van der Waals surface area contributed by atoms with E-state index in [2.05, 4.69) is 5.10 Å². The van der Waals surface area contributed by atoms with Gasteiger partial charge in [-0.15, -0.1) is 0 Å². The summed E-state index contributed by atoms with van der Waals surface area (Å²) >= 11 is 0. The Bertz CT molecular complexity index is 596. The van der Waals surface area contributed by atoms with Crippen molar-refractivity contribution in [1.29, 1.82) is 0 Å². The van der Waals surface area contributed by atoms with Crippen LogP contribution in [0, 0.1) is 25.7 Å². The molecule has 0 spiro atoms. The predicted molar refractivity (Wildman–Crippen MR) is 74.5 cm³/mol. The summed E-state index contributed by atoms with van der Waals surface area (Å²) in [7, 11) is 0. The normalized spacial score (nSPS) is 25.3. The van der Waals surface area contributed by atoms with Crippen LogP contribution in [0.1, 0.15) is 41.9 Å². The molecule has 2 amide bonds. The van der Waals surface area contributed by atoms with Gasteiger partial charge in [-0.05, 0) is 32.8 Å². The second-order valence-corrected chi connectivity index (χ2v) is 5.99. The van der Waals surface area contributed by atoms with E-state index >= 15 is 0 Å². The molecule has 1 saturated heterocycles. The maximum atomic E-state index is 12.3. The fourth-order valence-electron chi connectivity index (χ4n) is 3.47. The van der Waals surface area contributed by atoms with E-state index in [1.165, 1.54) is 4.68 Å². The number of nitrogens with zero attached hydrogens (tertiary/aromatic N) is 3. The van der Waals surface area contributed by atoms with Gasteiger partial charge in [0.1, 0.15) is 6.54 Å². The predicted octanol–water partition coefficient (Wildman–Crippen LogP) is 1.32. The molecule has 0 radical (unpaired) electrons. The minimum absolute atomic E-state index is 0.181. The first-order valence-electron chi connectivity index (χ1n) is 7.40. The Balaban J connectivity index is 1.78. The van der Waals surface area contributed by atoms with Crippen LogP contribution in [-0.4, -0.2) is 38.9 Å². The molecular weight excluding hydrogens is 270 g/mol. The molecule has 6 nitrogen and oxygen atoms in total. The number of carbonyl (C=O) groups excluding carboxylic acids is 3. The van der Waals surface area contributed by atoms with Crippen LogP contribution in [0.3, 0.4) is 0 Å². The molecule has 0 bridgehead atoms. The highest BCUT2D eigenvalue weighted by molar-refractivity contribution is 6.07. The molecule has 2 unspecified atom stereocenters. The Kier molecular flexibility index (Phi) is 3.39. The van der Waals surface area contributed by atoms with Crippen molar-refractivity contribution >= 4 is 17.7 Å². The first-order valence-corrected chi connectivity index (χ1v) is 7.40. The number of aromatic nitrogens is 2. The van der Waals surface area contributed by atoms with E-state index < -0.39 is 0 Å². The molecule has 21 heavy (non-hydrogen) atoms. The fraction of sp³-hybridized carbons (Fsp3) is 0.600. The number of hydrogen-bond acceptors (Lipinski definition) is 4. The SMILES string of the molecule is Cc1cc(C)n(C(=O)CN2C(=O)C3CCCCC3C2=O)n1. The van der Waals surface area contributed by atoms with E-state index in [0.717, 1.165) is 36.3 Å². The van der Waals surface area contributed by atoms with E-state index in [-0.39, 0.29) is 36.1 Å². The summed E-state index contributed by atoms with van der Waals surface area (Å²) in [5, 5.41) is 4.11. The van der Waals surface area contributed by atoms with E-state index in [1.807, 2.05) is 0 Å². The standard InChI is InChI=1S/C15H19N3O3/c1-9-7-10(2)18(16-9)13(19)8-17-14(20)11-5-3-4-6-12(11)15(17)21/h7,11-12H,3-6,8H2,1-2H3. The van der Waals surface area contributed by atoms with Gasteiger partial charge in [-0.2, -0.15) is 5.10 Å². The Morgan fingerprint density at radius 1 is 1.19 bits per heavy atom. The Morgan fingerprint density at radius 2 is 1.76 bits per heavy atom. The lowest BCUT2D eigenvalue weighted by Crippen LogP contribution is -2.38. The summed E-state index contributed by atoms with van der Waals surface area (Å²) < 4.78 is 1.28. The Hall–Kier alpha value is -1.98. The van der Waals surface area contributed by atoms with Crippen molar-refractivity contribution in [3.05, 3.63) is 17.5 Å². The molecule has 1 aliphatic heterocycles. The molecule has 1 aromatic heterocycles. The van der Waals surface area contributed by atoms with Gasteiger partial charge < -0.3 is 0 Å². The van der Waals surface area contributed by atoms with E-state index in [1.54, 1.807) is 19.9 Å². The zero-order valence-corrected chi connectivity index (χ0v) is 12.3.